The van der Waals surface area contributed by atoms with Gasteiger partial charge in [0.05, 0.1) is 5.02 Å². The molecule has 0 aliphatic rings. The lowest BCUT2D eigenvalue weighted by Gasteiger charge is -2.26. The van der Waals surface area contributed by atoms with Crippen LogP contribution in [0.25, 0.3) is 0 Å². The quantitative estimate of drug-likeness (QED) is 0.464. The Morgan fingerprint density at radius 1 is 1.10 bits per heavy atom. The second-order valence-corrected chi connectivity index (χ2v) is 4.38. The standard InChI is InChI=1S/C11H6ClF7O2/c1-5-2-3-6(12)7(4-5)21-8(20)9(13,14)10(15,16)11(17,18)19/h2-4H,1H3. The third kappa shape index (κ3) is 3.22. The van der Waals surface area contributed by atoms with E-state index in [-0.39, 0.29) is 0 Å². The number of benzene rings is 1. The zero-order valence-corrected chi connectivity index (χ0v) is 10.8. The van der Waals surface area contributed by atoms with Crippen LogP contribution in [0.5, 0.6) is 5.75 Å². The molecular weight excluding hydrogens is 333 g/mol. The molecule has 0 unspecified atom stereocenters. The predicted molar refractivity (Wildman–Crippen MR) is 57.8 cm³/mol. The number of carbonyl (C=O) groups is 1. The van der Waals surface area contributed by atoms with E-state index in [0.29, 0.717) is 5.56 Å². The summed E-state index contributed by atoms with van der Waals surface area (Å²) in [4.78, 5) is 11.0. The Balaban J connectivity index is 3.10. The van der Waals surface area contributed by atoms with Gasteiger partial charge in [-0.25, -0.2) is 4.79 Å². The van der Waals surface area contributed by atoms with E-state index in [1.807, 2.05) is 0 Å². The highest BCUT2D eigenvalue weighted by atomic mass is 35.5. The van der Waals surface area contributed by atoms with E-state index in [2.05, 4.69) is 4.74 Å². The van der Waals surface area contributed by atoms with Crippen LogP contribution in [0.15, 0.2) is 18.2 Å². The lowest BCUT2D eigenvalue weighted by molar-refractivity contribution is -0.346. The molecule has 1 rings (SSSR count). The SMILES string of the molecule is Cc1ccc(Cl)c(OC(=O)C(F)(F)C(F)(F)C(F)(F)F)c1. The number of halogens is 8. The molecule has 2 nitrogen and oxygen atoms in total. The van der Waals surface area contributed by atoms with Crippen LogP contribution in [-0.2, 0) is 4.79 Å². The van der Waals surface area contributed by atoms with Gasteiger partial charge in [0, 0.05) is 0 Å². The molecular formula is C11H6ClF7O2. The Morgan fingerprint density at radius 3 is 2.10 bits per heavy atom. The van der Waals surface area contributed by atoms with Gasteiger partial charge in [-0.1, -0.05) is 17.7 Å². The number of aryl methyl sites for hydroxylation is 1. The minimum absolute atomic E-state index is 0.355. The fourth-order valence-corrected chi connectivity index (χ4v) is 1.32. The molecule has 0 aliphatic carbocycles. The van der Waals surface area contributed by atoms with Crippen molar-refractivity contribution < 1.29 is 40.3 Å². The molecule has 21 heavy (non-hydrogen) atoms. The molecule has 1 aromatic rings. The van der Waals surface area contributed by atoms with Crippen molar-refractivity contribution in [2.75, 3.05) is 0 Å². The fraction of sp³-hybridized carbons (Fsp3) is 0.364. The van der Waals surface area contributed by atoms with Gasteiger partial charge in [-0.05, 0) is 24.6 Å². The van der Waals surface area contributed by atoms with Gasteiger partial charge in [-0.15, -0.1) is 0 Å². The average molecular weight is 339 g/mol. The molecule has 0 N–H and O–H groups in total. The second kappa shape index (κ2) is 5.36. The zero-order valence-electron chi connectivity index (χ0n) is 10.1. The first-order chi connectivity index (χ1) is 9.30. The van der Waals surface area contributed by atoms with E-state index in [1.54, 1.807) is 0 Å². The van der Waals surface area contributed by atoms with Crippen LogP contribution in [0.1, 0.15) is 5.56 Å². The summed E-state index contributed by atoms with van der Waals surface area (Å²) in [6.07, 6.45) is -6.62. The molecule has 118 valence electrons. The molecule has 0 saturated carbocycles. The minimum atomic E-state index is -6.62. The number of ether oxygens (including phenoxy) is 1. The Morgan fingerprint density at radius 2 is 1.62 bits per heavy atom. The maximum absolute atomic E-state index is 13.0. The van der Waals surface area contributed by atoms with Crippen LogP contribution in [0.4, 0.5) is 30.7 Å². The molecule has 0 radical (unpaired) electrons. The molecule has 0 heterocycles. The van der Waals surface area contributed by atoms with Crippen LogP contribution in [0.3, 0.4) is 0 Å². The summed E-state index contributed by atoms with van der Waals surface area (Å²) in [7, 11) is 0. The highest BCUT2D eigenvalue weighted by Gasteiger charge is 2.77. The maximum Gasteiger partial charge on any atom is 0.460 e. The molecule has 0 amide bonds. The van der Waals surface area contributed by atoms with Crippen molar-refractivity contribution in [3.8, 4) is 5.75 Å². The topological polar surface area (TPSA) is 26.3 Å². The summed E-state index contributed by atoms with van der Waals surface area (Å²) in [5.41, 5.74) is 0.355. The monoisotopic (exact) mass is 338 g/mol. The molecule has 0 aromatic heterocycles. The van der Waals surface area contributed by atoms with Crippen LogP contribution in [-0.4, -0.2) is 24.0 Å². The summed E-state index contributed by atoms with van der Waals surface area (Å²) >= 11 is 5.46. The van der Waals surface area contributed by atoms with E-state index >= 15 is 0 Å². The second-order valence-electron chi connectivity index (χ2n) is 3.97. The van der Waals surface area contributed by atoms with Crippen molar-refractivity contribution in [1.29, 1.82) is 0 Å². The number of rotatable bonds is 3. The Labute approximate surface area is 118 Å². The molecule has 0 aliphatic heterocycles. The van der Waals surface area contributed by atoms with Gasteiger partial charge in [-0.3, -0.25) is 0 Å². The van der Waals surface area contributed by atoms with E-state index in [9.17, 15) is 35.5 Å². The summed E-state index contributed by atoms with van der Waals surface area (Å²) in [5.74, 6) is -16.5. The number of hydrogen-bond acceptors (Lipinski definition) is 2. The smallest absolute Gasteiger partial charge is 0.420 e. The summed E-state index contributed by atoms with van der Waals surface area (Å²) in [6.45, 7) is 1.43. The average Bonchev–Trinajstić information content (AvgIpc) is 2.32. The fourth-order valence-electron chi connectivity index (χ4n) is 1.16. The van der Waals surface area contributed by atoms with Gasteiger partial charge >= 0.3 is 24.0 Å². The molecule has 0 atom stereocenters. The molecule has 10 heteroatoms. The van der Waals surface area contributed by atoms with Gasteiger partial charge in [0.15, 0.2) is 0 Å². The number of alkyl halides is 7. The van der Waals surface area contributed by atoms with Crippen LogP contribution in [0, 0.1) is 6.92 Å². The molecule has 0 saturated heterocycles. The van der Waals surface area contributed by atoms with E-state index in [4.69, 9.17) is 11.6 Å². The van der Waals surface area contributed by atoms with Crippen molar-refractivity contribution in [3.63, 3.8) is 0 Å². The minimum Gasteiger partial charge on any atom is -0.420 e. The zero-order chi connectivity index (χ0) is 16.6. The highest BCUT2D eigenvalue weighted by molar-refractivity contribution is 6.32. The lowest BCUT2D eigenvalue weighted by atomic mass is 10.1. The van der Waals surface area contributed by atoms with E-state index in [1.165, 1.54) is 13.0 Å². The van der Waals surface area contributed by atoms with Crippen LogP contribution in [0.2, 0.25) is 5.02 Å². The first-order valence-electron chi connectivity index (χ1n) is 5.11. The third-order valence-electron chi connectivity index (χ3n) is 2.30. The van der Waals surface area contributed by atoms with Crippen molar-refractivity contribution in [3.05, 3.63) is 28.8 Å². The highest BCUT2D eigenvalue weighted by Crippen LogP contribution is 2.47. The lowest BCUT2D eigenvalue weighted by Crippen LogP contribution is -2.57. The summed E-state index contributed by atoms with van der Waals surface area (Å²) in [6, 6.07) is 3.41. The molecule has 1 aromatic carbocycles. The van der Waals surface area contributed by atoms with Gasteiger partial charge in [-0.2, -0.15) is 30.7 Å². The van der Waals surface area contributed by atoms with Crippen LogP contribution >= 0.6 is 11.6 Å². The molecule has 0 bridgehead atoms. The number of carbonyl (C=O) groups excluding carboxylic acids is 1. The van der Waals surface area contributed by atoms with Gasteiger partial charge in [0.2, 0.25) is 0 Å². The van der Waals surface area contributed by atoms with Crippen molar-refractivity contribution in [2.45, 2.75) is 24.9 Å². The van der Waals surface area contributed by atoms with Crippen molar-refractivity contribution in [1.82, 2.24) is 0 Å². The normalized spacial score (nSPS) is 13.2. The summed E-state index contributed by atoms with van der Waals surface area (Å²) < 4.78 is 90.9. The summed E-state index contributed by atoms with van der Waals surface area (Å²) in [5, 5.41) is -0.403. The Bertz CT molecular complexity index is 554. The predicted octanol–water partition coefficient (Wildman–Crippen LogP) is 4.39. The van der Waals surface area contributed by atoms with Crippen molar-refractivity contribution in [2.24, 2.45) is 0 Å². The van der Waals surface area contributed by atoms with Gasteiger partial charge in [0.1, 0.15) is 5.75 Å². The van der Waals surface area contributed by atoms with E-state index < -0.39 is 34.8 Å². The van der Waals surface area contributed by atoms with E-state index in [0.717, 1.165) is 12.1 Å². The first kappa shape index (κ1) is 17.5. The number of esters is 1. The first-order valence-corrected chi connectivity index (χ1v) is 5.49. The Hall–Kier alpha value is -1.51. The third-order valence-corrected chi connectivity index (χ3v) is 2.61. The largest absolute Gasteiger partial charge is 0.460 e. The van der Waals surface area contributed by atoms with Crippen LogP contribution < -0.4 is 4.74 Å². The number of hydrogen-bond donors (Lipinski definition) is 0. The van der Waals surface area contributed by atoms with Gasteiger partial charge < -0.3 is 4.74 Å². The molecule has 0 fully saturated rings. The van der Waals surface area contributed by atoms with Gasteiger partial charge in [0.25, 0.3) is 0 Å². The van der Waals surface area contributed by atoms with Crippen molar-refractivity contribution >= 4 is 17.6 Å². The molecule has 0 spiro atoms. The maximum atomic E-state index is 13.0. The Kier molecular flexibility index (Phi) is 4.48.